The van der Waals surface area contributed by atoms with Gasteiger partial charge in [-0.05, 0) is 18.2 Å². The first-order chi connectivity index (χ1) is 15.1. The van der Waals surface area contributed by atoms with Crippen LogP contribution in [0.15, 0.2) is 90.6 Å². The van der Waals surface area contributed by atoms with Crippen molar-refractivity contribution in [1.82, 2.24) is 4.98 Å². The molecular formula is C25H16N2O4. The molecule has 1 aromatic heterocycles. The molecule has 0 unspecified atom stereocenters. The Kier molecular flexibility index (Phi) is 4.26. The summed E-state index contributed by atoms with van der Waals surface area (Å²) in [5, 5.41) is 11.2. The van der Waals surface area contributed by atoms with E-state index in [9.17, 15) is 19.5 Å². The number of nitrogens with zero attached hydrogens (tertiary/aromatic N) is 1. The summed E-state index contributed by atoms with van der Waals surface area (Å²) in [5.74, 6) is -2.51. The molecule has 0 radical (unpaired) electrons. The molecule has 0 spiro atoms. The second-order valence-corrected chi connectivity index (χ2v) is 7.13. The lowest BCUT2D eigenvalue weighted by Gasteiger charge is -2.21. The molecule has 6 nitrogen and oxygen atoms in total. The van der Waals surface area contributed by atoms with Gasteiger partial charge in [-0.15, -0.1) is 0 Å². The van der Waals surface area contributed by atoms with Gasteiger partial charge in [0.15, 0.2) is 5.78 Å². The molecule has 0 aliphatic carbocycles. The number of hydrogen-bond acceptors (Lipinski definition) is 4. The van der Waals surface area contributed by atoms with Crippen LogP contribution in [0.4, 0.5) is 5.69 Å². The van der Waals surface area contributed by atoms with Gasteiger partial charge in [-0.25, -0.2) is 0 Å². The van der Waals surface area contributed by atoms with E-state index >= 15 is 0 Å². The fraction of sp³-hybridized carbons (Fsp3) is 0. The van der Waals surface area contributed by atoms with Crippen molar-refractivity contribution in [2.75, 3.05) is 4.90 Å². The first-order valence-electron chi connectivity index (χ1n) is 9.65. The monoisotopic (exact) mass is 408 g/mol. The number of para-hydroxylation sites is 3. The zero-order valence-corrected chi connectivity index (χ0v) is 16.2. The maximum atomic E-state index is 13.4. The van der Waals surface area contributed by atoms with Crippen LogP contribution in [-0.4, -0.2) is 27.6 Å². The van der Waals surface area contributed by atoms with Crippen LogP contribution in [0.3, 0.4) is 0 Å². The van der Waals surface area contributed by atoms with Crippen molar-refractivity contribution in [3.8, 4) is 5.75 Å². The number of phenols is 1. The van der Waals surface area contributed by atoms with Crippen molar-refractivity contribution < 1.29 is 19.5 Å². The zero-order valence-electron chi connectivity index (χ0n) is 16.2. The number of anilines is 1. The average molecular weight is 408 g/mol. The van der Waals surface area contributed by atoms with Crippen molar-refractivity contribution in [3.05, 3.63) is 102 Å². The lowest BCUT2D eigenvalue weighted by Crippen LogP contribution is -2.28. The summed E-state index contributed by atoms with van der Waals surface area (Å²) in [6.45, 7) is 0. The van der Waals surface area contributed by atoms with Crippen molar-refractivity contribution in [2.24, 2.45) is 0 Å². The van der Waals surface area contributed by atoms with Crippen LogP contribution >= 0.6 is 0 Å². The van der Waals surface area contributed by atoms with Gasteiger partial charge < -0.3 is 10.1 Å². The number of phenolic OH excluding ortho intramolecular Hbond substituents is 1. The van der Waals surface area contributed by atoms with Crippen LogP contribution in [0.2, 0.25) is 0 Å². The number of amides is 1. The van der Waals surface area contributed by atoms with E-state index in [1.165, 1.54) is 12.1 Å². The predicted molar refractivity (Wildman–Crippen MR) is 117 cm³/mol. The maximum Gasteiger partial charge on any atom is 0.304 e. The number of benzene rings is 3. The number of carbonyl (C=O) groups excluding carboxylic acids is 3. The van der Waals surface area contributed by atoms with Gasteiger partial charge in [0.05, 0.1) is 11.4 Å². The minimum atomic E-state index is -0.905. The standard InChI is InChI=1S/C25H16N2O4/c28-20-13-7-6-12-19(20)27-22(17-14-26-18-11-5-4-10-16(17)18)21(24(30)25(27)31)23(29)15-8-2-1-3-9-15/h1-14,26,28H. The van der Waals surface area contributed by atoms with Crippen LogP contribution in [0, 0.1) is 0 Å². The molecule has 1 aliphatic rings. The molecular weight excluding hydrogens is 392 g/mol. The number of aromatic amines is 1. The highest BCUT2D eigenvalue weighted by atomic mass is 16.3. The number of fused-ring (bicyclic) bond motifs is 1. The summed E-state index contributed by atoms with van der Waals surface area (Å²) >= 11 is 0. The Bertz CT molecular complexity index is 1400. The predicted octanol–water partition coefficient (Wildman–Crippen LogP) is 4.08. The second-order valence-electron chi connectivity index (χ2n) is 7.13. The van der Waals surface area contributed by atoms with Gasteiger partial charge in [-0.3, -0.25) is 19.3 Å². The van der Waals surface area contributed by atoms with Gasteiger partial charge in [-0.2, -0.15) is 0 Å². The average Bonchev–Trinajstić information content (AvgIpc) is 3.33. The number of Topliss-reactive ketones (excluding diaryl/α,β-unsaturated/α-hetero) is 2. The number of hydrogen-bond donors (Lipinski definition) is 2. The highest BCUT2D eigenvalue weighted by molar-refractivity contribution is 6.61. The highest BCUT2D eigenvalue weighted by Crippen LogP contribution is 2.41. The summed E-state index contributed by atoms with van der Waals surface area (Å²) in [4.78, 5) is 43.8. The van der Waals surface area contributed by atoms with Gasteiger partial charge in [-0.1, -0.05) is 60.7 Å². The Labute approximate surface area is 177 Å². The third kappa shape index (κ3) is 2.85. The Balaban J connectivity index is 1.83. The van der Waals surface area contributed by atoms with Crippen molar-refractivity contribution in [2.45, 2.75) is 0 Å². The van der Waals surface area contributed by atoms with Crippen LogP contribution in [0.5, 0.6) is 5.75 Å². The van der Waals surface area contributed by atoms with Gasteiger partial charge in [0.1, 0.15) is 11.3 Å². The third-order valence-corrected chi connectivity index (χ3v) is 5.31. The molecule has 1 aliphatic heterocycles. The molecule has 0 saturated carbocycles. The molecule has 0 bridgehead atoms. The summed E-state index contributed by atoms with van der Waals surface area (Å²) in [6, 6.07) is 22.0. The number of rotatable bonds is 4. The molecule has 4 aromatic rings. The van der Waals surface area contributed by atoms with E-state index in [4.69, 9.17) is 0 Å². The van der Waals surface area contributed by atoms with Gasteiger partial charge in [0.25, 0.3) is 5.78 Å². The fourth-order valence-corrected chi connectivity index (χ4v) is 3.88. The van der Waals surface area contributed by atoms with Crippen LogP contribution in [0.25, 0.3) is 16.6 Å². The molecule has 1 amide bonds. The van der Waals surface area contributed by atoms with Crippen molar-refractivity contribution in [1.29, 1.82) is 0 Å². The summed E-state index contributed by atoms with van der Waals surface area (Å²) in [6.07, 6.45) is 1.66. The van der Waals surface area contributed by atoms with E-state index in [1.54, 1.807) is 48.7 Å². The van der Waals surface area contributed by atoms with Crippen molar-refractivity contribution >= 4 is 39.8 Å². The summed E-state index contributed by atoms with van der Waals surface area (Å²) in [5.41, 5.74) is 1.69. The highest BCUT2D eigenvalue weighted by Gasteiger charge is 2.44. The van der Waals surface area contributed by atoms with E-state index in [2.05, 4.69) is 4.98 Å². The number of aromatic hydroxyl groups is 1. The van der Waals surface area contributed by atoms with Crippen LogP contribution in [0.1, 0.15) is 15.9 Å². The van der Waals surface area contributed by atoms with Crippen molar-refractivity contribution in [3.63, 3.8) is 0 Å². The topological polar surface area (TPSA) is 90.5 Å². The lowest BCUT2D eigenvalue weighted by molar-refractivity contribution is -0.132. The van der Waals surface area contributed by atoms with Gasteiger partial charge in [0.2, 0.25) is 0 Å². The molecule has 2 heterocycles. The number of H-pyrrole nitrogens is 1. The molecule has 3 aromatic carbocycles. The number of carbonyl (C=O) groups is 3. The Morgan fingerprint density at radius 2 is 1.52 bits per heavy atom. The molecule has 0 saturated heterocycles. The normalized spacial score (nSPS) is 14.0. The summed E-state index contributed by atoms with van der Waals surface area (Å²) in [7, 11) is 0. The smallest absolute Gasteiger partial charge is 0.304 e. The van der Waals surface area contributed by atoms with E-state index in [0.29, 0.717) is 11.1 Å². The number of aromatic nitrogens is 1. The number of ketones is 2. The Morgan fingerprint density at radius 3 is 2.29 bits per heavy atom. The van der Waals surface area contributed by atoms with E-state index in [-0.39, 0.29) is 22.7 Å². The minimum Gasteiger partial charge on any atom is -0.506 e. The SMILES string of the molecule is O=C1C(=O)N(c2ccccc2O)C(c2c[nH]c3ccccc23)=C1C(=O)c1ccccc1. The fourth-order valence-electron chi connectivity index (χ4n) is 3.88. The Hall–Kier alpha value is -4.45. The molecule has 2 N–H and O–H groups in total. The number of nitrogens with one attached hydrogen (secondary N) is 1. The van der Waals surface area contributed by atoms with Gasteiger partial charge in [0, 0.05) is 28.2 Å². The quantitative estimate of drug-likeness (QED) is 0.302. The molecule has 0 atom stereocenters. The Morgan fingerprint density at radius 1 is 0.839 bits per heavy atom. The third-order valence-electron chi connectivity index (χ3n) is 5.31. The lowest BCUT2D eigenvalue weighted by atomic mass is 9.97. The molecule has 150 valence electrons. The molecule has 6 heteroatoms. The minimum absolute atomic E-state index is 0.136. The zero-order chi connectivity index (χ0) is 21.5. The van der Waals surface area contributed by atoms with E-state index < -0.39 is 17.5 Å². The maximum absolute atomic E-state index is 13.4. The first kappa shape index (κ1) is 18.6. The molecule has 5 rings (SSSR count). The summed E-state index contributed by atoms with van der Waals surface area (Å²) < 4.78 is 0. The molecule has 0 fully saturated rings. The van der Waals surface area contributed by atoms with E-state index in [1.807, 2.05) is 24.3 Å². The van der Waals surface area contributed by atoms with Crippen LogP contribution < -0.4 is 4.90 Å². The van der Waals surface area contributed by atoms with Crippen LogP contribution in [-0.2, 0) is 9.59 Å². The first-order valence-corrected chi connectivity index (χ1v) is 9.65. The van der Waals surface area contributed by atoms with E-state index in [0.717, 1.165) is 15.8 Å². The largest absolute Gasteiger partial charge is 0.506 e. The van der Waals surface area contributed by atoms with Gasteiger partial charge >= 0.3 is 5.91 Å². The second kappa shape index (κ2) is 7.11. The molecule has 31 heavy (non-hydrogen) atoms.